The number of benzene rings is 1. The molecule has 7 heteroatoms. The van der Waals surface area contributed by atoms with Crippen molar-refractivity contribution in [2.45, 2.75) is 25.8 Å². The molecule has 0 unspecified atom stereocenters. The van der Waals surface area contributed by atoms with Crippen LogP contribution in [0.2, 0.25) is 0 Å². The molecule has 3 N–H and O–H groups in total. The average Bonchev–Trinajstić information content (AvgIpc) is 2.65. The number of nitrogens with two attached hydrogens (primary N) is 1. The molecule has 1 aromatic carbocycles. The molecular weight excluding hydrogens is 342 g/mol. The van der Waals surface area contributed by atoms with Gasteiger partial charge in [0.1, 0.15) is 0 Å². The van der Waals surface area contributed by atoms with E-state index < -0.39 is 0 Å². The van der Waals surface area contributed by atoms with Crippen molar-refractivity contribution in [2.75, 3.05) is 33.3 Å². The molecule has 0 aromatic heterocycles. The minimum Gasteiger partial charge on any atom is -0.469 e. The van der Waals surface area contributed by atoms with Gasteiger partial charge in [0.05, 0.1) is 13.0 Å². The van der Waals surface area contributed by atoms with Crippen molar-refractivity contribution in [3.63, 3.8) is 0 Å². The molecule has 1 heterocycles. The lowest BCUT2D eigenvalue weighted by molar-refractivity contribution is -0.147. The molecule has 25 heavy (non-hydrogen) atoms. The number of nitrogens with zero attached hydrogens (tertiary/aromatic N) is 1. The van der Waals surface area contributed by atoms with Crippen LogP contribution in [0.5, 0.6) is 0 Å². The zero-order chi connectivity index (χ0) is 17.4. The lowest BCUT2D eigenvalue weighted by Crippen LogP contribution is -2.38. The summed E-state index contributed by atoms with van der Waals surface area (Å²) in [5.74, 6) is -0.104. The number of carbonyl (C=O) groups excluding carboxylic acids is 2. The van der Waals surface area contributed by atoms with Gasteiger partial charge in [-0.3, -0.25) is 9.59 Å². The van der Waals surface area contributed by atoms with Crippen LogP contribution < -0.4 is 11.1 Å². The number of methoxy groups -OCH3 is 1. The molecule has 0 saturated carbocycles. The summed E-state index contributed by atoms with van der Waals surface area (Å²) in [6, 6.07) is 7.35. The number of nitrogens with one attached hydrogen (secondary N) is 1. The maximum atomic E-state index is 12.0. The summed E-state index contributed by atoms with van der Waals surface area (Å²) < 4.78 is 4.79. The van der Waals surface area contributed by atoms with E-state index in [1.165, 1.54) is 7.11 Å². The van der Waals surface area contributed by atoms with Gasteiger partial charge in [-0.15, -0.1) is 12.4 Å². The number of likely N-dealkylation sites (tertiary alicyclic amines) is 1. The van der Waals surface area contributed by atoms with E-state index in [0.29, 0.717) is 18.7 Å². The lowest BCUT2D eigenvalue weighted by Gasteiger charge is -2.30. The van der Waals surface area contributed by atoms with Gasteiger partial charge in [0.15, 0.2) is 0 Å². The molecule has 0 bridgehead atoms. The molecule has 0 aliphatic carbocycles. The molecule has 0 atom stereocenters. The van der Waals surface area contributed by atoms with Crippen LogP contribution in [0.25, 0.3) is 0 Å². The third-order valence-electron chi connectivity index (χ3n) is 4.51. The second-order valence-electron chi connectivity index (χ2n) is 6.15. The van der Waals surface area contributed by atoms with Crippen molar-refractivity contribution in [1.29, 1.82) is 0 Å². The van der Waals surface area contributed by atoms with Crippen molar-refractivity contribution in [3.05, 3.63) is 35.4 Å². The first-order chi connectivity index (χ1) is 11.6. The van der Waals surface area contributed by atoms with Gasteiger partial charge in [0.25, 0.3) is 5.91 Å². The number of hydrogen-bond donors (Lipinski definition) is 2. The van der Waals surface area contributed by atoms with E-state index in [-0.39, 0.29) is 30.2 Å². The van der Waals surface area contributed by atoms with Crippen LogP contribution in [-0.2, 0) is 16.1 Å². The second-order valence-corrected chi connectivity index (χ2v) is 6.15. The zero-order valence-electron chi connectivity index (χ0n) is 14.7. The van der Waals surface area contributed by atoms with Gasteiger partial charge in [-0.1, -0.05) is 12.1 Å². The minimum absolute atomic E-state index is 0. The highest BCUT2D eigenvalue weighted by atomic mass is 35.5. The van der Waals surface area contributed by atoms with Gasteiger partial charge in [-0.05, 0) is 56.6 Å². The summed E-state index contributed by atoms with van der Waals surface area (Å²) in [5.41, 5.74) is 7.22. The number of esters is 1. The van der Waals surface area contributed by atoms with Crippen LogP contribution in [0.4, 0.5) is 0 Å². The maximum Gasteiger partial charge on any atom is 0.308 e. The van der Waals surface area contributed by atoms with Gasteiger partial charge in [0.2, 0.25) is 0 Å². The molecule has 1 aliphatic rings. The minimum atomic E-state index is -0.0948. The highest BCUT2D eigenvalue weighted by molar-refractivity contribution is 5.94. The Morgan fingerprint density at radius 2 is 1.88 bits per heavy atom. The summed E-state index contributed by atoms with van der Waals surface area (Å²) >= 11 is 0. The monoisotopic (exact) mass is 369 g/mol. The lowest BCUT2D eigenvalue weighted by atomic mass is 9.97. The first kappa shape index (κ1) is 21.4. The smallest absolute Gasteiger partial charge is 0.308 e. The van der Waals surface area contributed by atoms with E-state index in [9.17, 15) is 9.59 Å². The largest absolute Gasteiger partial charge is 0.469 e. The summed E-state index contributed by atoms with van der Waals surface area (Å²) in [5, 5.41) is 2.94. The van der Waals surface area contributed by atoms with Crippen LogP contribution in [0, 0.1) is 5.92 Å². The number of ether oxygens (including phenoxy) is 1. The Kier molecular flexibility index (Phi) is 9.49. The standard InChI is InChI=1S/C18H27N3O3.ClH/c1-24-18(23)16-7-11-21(12-8-16)10-2-9-20-17(22)15-5-3-14(13-19)4-6-15;/h3-6,16H,2,7-13,19H2,1H3,(H,20,22);1H. The third kappa shape index (κ3) is 6.65. The SMILES string of the molecule is COC(=O)C1CCN(CCCNC(=O)c2ccc(CN)cc2)CC1.Cl. The highest BCUT2D eigenvalue weighted by Crippen LogP contribution is 2.18. The Labute approximate surface area is 155 Å². The fourth-order valence-electron chi connectivity index (χ4n) is 2.96. The highest BCUT2D eigenvalue weighted by Gasteiger charge is 2.25. The molecule has 6 nitrogen and oxygen atoms in total. The summed E-state index contributed by atoms with van der Waals surface area (Å²) in [7, 11) is 1.45. The zero-order valence-corrected chi connectivity index (χ0v) is 15.5. The van der Waals surface area contributed by atoms with Gasteiger partial charge in [0, 0.05) is 18.7 Å². The molecule has 0 radical (unpaired) electrons. The fraction of sp³-hybridized carbons (Fsp3) is 0.556. The summed E-state index contributed by atoms with van der Waals surface area (Å²) in [4.78, 5) is 25.9. The van der Waals surface area contributed by atoms with Gasteiger partial charge >= 0.3 is 5.97 Å². The normalized spacial score (nSPS) is 15.3. The number of piperidine rings is 1. The number of amides is 1. The second kappa shape index (κ2) is 11.1. The molecular formula is C18H28ClN3O3. The van der Waals surface area contributed by atoms with Crippen LogP contribution in [0.1, 0.15) is 35.2 Å². The Morgan fingerprint density at radius 1 is 1.24 bits per heavy atom. The maximum absolute atomic E-state index is 12.0. The van der Waals surface area contributed by atoms with E-state index in [2.05, 4.69) is 10.2 Å². The van der Waals surface area contributed by atoms with Crippen molar-refractivity contribution < 1.29 is 14.3 Å². The van der Waals surface area contributed by atoms with Crippen LogP contribution in [0.15, 0.2) is 24.3 Å². The first-order valence-corrected chi connectivity index (χ1v) is 8.51. The number of rotatable bonds is 7. The average molecular weight is 370 g/mol. The van der Waals surface area contributed by atoms with Crippen LogP contribution in [-0.4, -0.2) is 50.1 Å². The van der Waals surface area contributed by atoms with E-state index in [0.717, 1.165) is 44.5 Å². The van der Waals surface area contributed by atoms with E-state index in [4.69, 9.17) is 10.5 Å². The number of hydrogen-bond acceptors (Lipinski definition) is 5. The topological polar surface area (TPSA) is 84.7 Å². The van der Waals surface area contributed by atoms with E-state index >= 15 is 0 Å². The molecule has 1 aliphatic heterocycles. The Hall–Kier alpha value is -1.63. The molecule has 1 fully saturated rings. The Bertz CT molecular complexity index is 543. The summed E-state index contributed by atoms with van der Waals surface area (Å²) in [6.07, 6.45) is 2.61. The van der Waals surface area contributed by atoms with Gasteiger partial charge in [-0.25, -0.2) is 0 Å². The molecule has 140 valence electrons. The van der Waals surface area contributed by atoms with Crippen molar-refractivity contribution in [3.8, 4) is 0 Å². The quantitative estimate of drug-likeness (QED) is 0.563. The predicted octanol–water partition coefficient (Wildman–Crippen LogP) is 1.57. The molecule has 1 amide bonds. The predicted molar refractivity (Wildman–Crippen MR) is 99.7 cm³/mol. The molecule has 0 spiro atoms. The summed E-state index contributed by atoms with van der Waals surface area (Å²) in [6.45, 7) is 3.88. The van der Waals surface area contributed by atoms with Gasteiger partial charge < -0.3 is 20.7 Å². The first-order valence-electron chi connectivity index (χ1n) is 8.51. The van der Waals surface area contributed by atoms with E-state index in [1.807, 2.05) is 12.1 Å². The van der Waals surface area contributed by atoms with Crippen molar-refractivity contribution in [1.82, 2.24) is 10.2 Å². The van der Waals surface area contributed by atoms with Crippen molar-refractivity contribution in [2.24, 2.45) is 11.7 Å². The van der Waals surface area contributed by atoms with Gasteiger partial charge in [-0.2, -0.15) is 0 Å². The van der Waals surface area contributed by atoms with Crippen LogP contribution in [0.3, 0.4) is 0 Å². The Balaban J connectivity index is 0.00000312. The number of carbonyl (C=O) groups is 2. The third-order valence-corrected chi connectivity index (χ3v) is 4.51. The molecule has 2 rings (SSSR count). The Morgan fingerprint density at radius 3 is 2.44 bits per heavy atom. The fourth-order valence-corrected chi connectivity index (χ4v) is 2.96. The van der Waals surface area contributed by atoms with Crippen LogP contribution >= 0.6 is 12.4 Å². The van der Waals surface area contributed by atoms with Crippen molar-refractivity contribution >= 4 is 24.3 Å². The molecule has 1 saturated heterocycles. The molecule has 1 aromatic rings. The van der Waals surface area contributed by atoms with E-state index in [1.54, 1.807) is 12.1 Å². The number of halogens is 1.